The first-order chi connectivity index (χ1) is 11.4. The molecule has 0 heterocycles. The maximum absolute atomic E-state index is 12.1. The van der Waals surface area contributed by atoms with Crippen LogP contribution in [0.4, 0.5) is 0 Å². The number of carbonyl (C=O) groups is 1. The van der Waals surface area contributed by atoms with Gasteiger partial charge in [0.25, 0.3) is 0 Å². The minimum atomic E-state index is -3.69. The monoisotopic (exact) mass is 367 g/mol. The molecule has 0 aliphatic heterocycles. The summed E-state index contributed by atoms with van der Waals surface area (Å²) in [5.74, 6) is -0.467. The quantitative estimate of drug-likeness (QED) is 0.763. The number of hydrogen-bond acceptors (Lipinski definition) is 4. The van der Waals surface area contributed by atoms with Gasteiger partial charge >= 0.3 is 5.97 Å². The third-order valence-corrected chi connectivity index (χ3v) is 4.90. The molecule has 0 bridgehead atoms. The van der Waals surface area contributed by atoms with Gasteiger partial charge in [0.1, 0.15) is 6.61 Å². The Morgan fingerprint density at radius 3 is 2.62 bits per heavy atom. The topological polar surface area (TPSA) is 72.5 Å². The van der Waals surface area contributed by atoms with Crippen LogP contribution in [0, 0.1) is 6.92 Å². The lowest BCUT2D eigenvalue weighted by Gasteiger charge is -2.08. The molecule has 0 saturated carbocycles. The Labute approximate surface area is 146 Å². The van der Waals surface area contributed by atoms with Crippen molar-refractivity contribution in [2.45, 2.75) is 24.8 Å². The van der Waals surface area contributed by atoms with Crippen molar-refractivity contribution in [3.8, 4) is 0 Å². The number of halogens is 1. The van der Waals surface area contributed by atoms with E-state index in [0.717, 1.165) is 11.1 Å². The molecular formula is C17H18ClNO4S. The molecule has 2 rings (SSSR count). The molecule has 0 aliphatic carbocycles. The van der Waals surface area contributed by atoms with E-state index in [1.807, 2.05) is 31.2 Å². The van der Waals surface area contributed by atoms with Crippen LogP contribution in [0.2, 0.25) is 5.02 Å². The van der Waals surface area contributed by atoms with Crippen molar-refractivity contribution in [3.63, 3.8) is 0 Å². The Balaban J connectivity index is 1.80. The molecule has 24 heavy (non-hydrogen) atoms. The zero-order valence-electron chi connectivity index (χ0n) is 13.2. The summed E-state index contributed by atoms with van der Waals surface area (Å²) in [4.78, 5) is 11.8. The highest BCUT2D eigenvalue weighted by molar-refractivity contribution is 7.89. The molecule has 0 fully saturated rings. The summed E-state index contributed by atoms with van der Waals surface area (Å²) in [5, 5.41) is 0.329. The van der Waals surface area contributed by atoms with Gasteiger partial charge in [-0.3, -0.25) is 4.79 Å². The van der Waals surface area contributed by atoms with Gasteiger partial charge in [0.15, 0.2) is 0 Å². The van der Waals surface area contributed by atoms with Crippen molar-refractivity contribution in [2.24, 2.45) is 0 Å². The fourth-order valence-electron chi connectivity index (χ4n) is 2.04. The number of sulfonamides is 1. The van der Waals surface area contributed by atoms with Crippen LogP contribution in [-0.4, -0.2) is 20.9 Å². The first-order valence-corrected chi connectivity index (χ1v) is 9.19. The molecule has 5 nitrogen and oxygen atoms in total. The lowest BCUT2D eigenvalue weighted by molar-refractivity contribution is -0.144. The van der Waals surface area contributed by atoms with Crippen LogP contribution >= 0.6 is 11.6 Å². The number of carbonyl (C=O) groups excluding carboxylic acids is 1. The van der Waals surface area contributed by atoms with Gasteiger partial charge in [0.05, 0.1) is 11.3 Å². The molecule has 0 unspecified atom stereocenters. The largest absolute Gasteiger partial charge is 0.461 e. The first-order valence-electron chi connectivity index (χ1n) is 7.33. The molecule has 0 aliphatic rings. The highest BCUT2D eigenvalue weighted by Gasteiger charge is 2.14. The molecule has 0 amide bonds. The second-order valence-electron chi connectivity index (χ2n) is 5.25. The number of esters is 1. The van der Waals surface area contributed by atoms with Gasteiger partial charge in [0, 0.05) is 11.6 Å². The normalized spacial score (nSPS) is 11.2. The smallest absolute Gasteiger partial charge is 0.307 e. The number of aryl methyl sites for hydroxylation is 1. The average Bonchev–Trinajstić information content (AvgIpc) is 2.53. The van der Waals surface area contributed by atoms with Crippen molar-refractivity contribution in [1.29, 1.82) is 0 Å². The Morgan fingerprint density at radius 1 is 1.17 bits per heavy atom. The zero-order chi connectivity index (χ0) is 17.6. The maximum Gasteiger partial charge on any atom is 0.307 e. The van der Waals surface area contributed by atoms with Crippen molar-refractivity contribution < 1.29 is 17.9 Å². The molecule has 0 atom stereocenters. The van der Waals surface area contributed by atoms with E-state index < -0.39 is 16.0 Å². The highest BCUT2D eigenvalue weighted by Crippen LogP contribution is 2.15. The number of rotatable bonds is 7. The Morgan fingerprint density at radius 2 is 1.92 bits per heavy atom. The van der Waals surface area contributed by atoms with Crippen molar-refractivity contribution in [3.05, 3.63) is 64.7 Å². The second-order valence-corrected chi connectivity index (χ2v) is 7.46. The lowest BCUT2D eigenvalue weighted by atomic mass is 10.1. The van der Waals surface area contributed by atoms with Crippen molar-refractivity contribution >= 4 is 27.6 Å². The van der Waals surface area contributed by atoms with Crippen LogP contribution in [0.25, 0.3) is 0 Å². The Kier molecular flexibility index (Phi) is 6.36. The molecule has 2 aromatic rings. The summed E-state index contributed by atoms with van der Waals surface area (Å²) in [5.41, 5.74) is 1.97. The molecule has 0 spiro atoms. The van der Waals surface area contributed by atoms with E-state index in [0.29, 0.717) is 5.02 Å². The summed E-state index contributed by atoms with van der Waals surface area (Å²) in [6, 6.07) is 13.5. The van der Waals surface area contributed by atoms with Crippen LogP contribution < -0.4 is 4.72 Å². The second kappa shape index (κ2) is 8.28. The fraction of sp³-hybridized carbons (Fsp3) is 0.235. The van der Waals surface area contributed by atoms with Crippen LogP contribution in [0.15, 0.2) is 53.4 Å². The van der Waals surface area contributed by atoms with Gasteiger partial charge in [-0.05, 0) is 30.7 Å². The van der Waals surface area contributed by atoms with Gasteiger partial charge < -0.3 is 4.74 Å². The maximum atomic E-state index is 12.1. The minimum absolute atomic E-state index is 0.0402. The Bertz CT molecular complexity index is 821. The van der Waals surface area contributed by atoms with E-state index in [9.17, 15) is 13.2 Å². The molecular weight excluding hydrogens is 350 g/mol. The van der Waals surface area contributed by atoms with Gasteiger partial charge in [-0.1, -0.05) is 47.5 Å². The molecule has 0 saturated heterocycles. The molecule has 1 N–H and O–H groups in total. The van der Waals surface area contributed by atoms with E-state index >= 15 is 0 Å². The number of hydrogen-bond donors (Lipinski definition) is 1. The predicted octanol–water partition coefficient (Wildman–Crippen LogP) is 3.06. The van der Waals surface area contributed by atoms with Crippen LogP contribution in [-0.2, 0) is 26.2 Å². The molecule has 128 valence electrons. The van der Waals surface area contributed by atoms with Gasteiger partial charge in [-0.2, -0.15) is 0 Å². The van der Waals surface area contributed by atoms with E-state index in [-0.39, 0.29) is 24.5 Å². The summed E-state index contributed by atoms with van der Waals surface area (Å²) < 4.78 is 31.6. The molecule has 7 heteroatoms. The summed E-state index contributed by atoms with van der Waals surface area (Å²) in [6.07, 6.45) is -0.0500. The van der Waals surface area contributed by atoms with Crippen LogP contribution in [0.3, 0.4) is 0 Å². The van der Waals surface area contributed by atoms with Crippen molar-refractivity contribution in [1.82, 2.24) is 4.72 Å². The highest BCUT2D eigenvalue weighted by atomic mass is 35.5. The standard InChI is InChI=1S/C17H18ClNO4S/c1-13-4-2-5-14(10-13)12-23-17(20)8-9-19-24(21,22)16-7-3-6-15(18)11-16/h2-7,10-11,19H,8-9,12H2,1H3. The molecule has 0 radical (unpaired) electrons. The number of nitrogens with one attached hydrogen (secondary N) is 1. The average molecular weight is 368 g/mol. The fourth-order valence-corrected chi connectivity index (χ4v) is 3.38. The molecule has 0 aromatic heterocycles. The summed E-state index contributed by atoms with van der Waals surface area (Å²) in [7, 11) is -3.69. The third-order valence-electron chi connectivity index (χ3n) is 3.21. The van der Waals surface area contributed by atoms with E-state index in [1.165, 1.54) is 12.1 Å². The van der Waals surface area contributed by atoms with Gasteiger partial charge in [-0.25, -0.2) is 13.1 Å². The van der Waals surface area contributed by atoms with E-state index in [2.05, 4.69) is 4.72 Å². The predicted molar refractivity (Wildman–Crippen MR) is 92.2 cm³/mol. The SMILES string of the molecule is Cc1cccc(COC(=O)CCNS(=O)(=O)c2cccc(Cl)c2)c1. The Hall–Kier alpha value is -1.89. The van der Waals surface area contributed by atoms with E-state index in [4.69, 9.17) is 16.3 Å². The van der Waals surface area contributed by atoms with Gasteiger partial charge in [0.2, 0.25) is 10.0 Å². The van der Waals surface area contributed by atoms with Crippen LogP contribution in [0.5, 0.6) is 0 Å². The number of benzene rings is 2. The van der Waals surface area contributed by atoms with Gasteiger partial charge in [-0.15, -0.1) is 0 Å². The lowest BCUT2D eigenvalue weighted by Crippen LogP contribution is -2.26. The summed E-state index contributed by atoms with van der Waals surface area (Å²) >= 11 is 5.78. The first kappa shape index (κ1) is 18.4. The number of ether oxygens (including phenoxy) is 1. The molecule has 2 aromatic carbocycles. The van der Waals surface area contributed by atoms with Crippen LogP contribution in [0.1, 0.15) is 17.5 Å². The third kappa shape index (κ3) is 5.63. The minimum Gasteiger partial charge on any atom is -0.461 e. The zero-order valence-corrected chi connectivity index (χ0v) is 14.7. The van der Waals surface area contributed by atoms with E-state index in [1.54, 1.807) is 12.1 Å². The van der Waals surface area contributed by atoms with Crippen molar-refractivity contribution in [2.75, 3.05) is 6.54 Å². The summed E-state index contributed by atoms with van der Waals surface area (Å²) in [6.45, 7) is 2.08.